The maximum atomic E-state index is 12.6. The number of nitrogens with one attached hydrogen (secondary N) is 1. The Morgan fingerprint density at radius 3 is 2.61 bits per heavy atom. The fraction of sp³-hybridized carbons (Fsp3) is 0.0625. The molecule has 1 saturated heterocycles. The minimum absolute atomic E-state index is 0.240. The van der Waals surface area contributed by atoms with Crippen LogP contribution < -0.4 is 0 Å². The van der Waals surface area contributed by atoms with Gasteiger partial charge in [-0.1, -0.05) is 54.3 Å². The Morgan fingerprint density at radius 2 is 2.00 bits per heavy atom. The van der Waals surface area contributed by atoms with E-state index in [4.69, 9.17) is 12.2 Å². The Bertz CT molecular complexity index is 785. The number of hydrogen-bond acceptors (Lipinski definition) is 4. The van der Waals surface area contributed by atoms with Crippen molar-refractivity contribution in [3.63, 3.8) is 0 Å². The third-order valence-corrected chi connectivity index (χ3v) is 4.67. The maximum Gasteiger partial charge on any atom is 0.331 e. The van der Waals surface area contributed by atoms with Gasteiger partial charge in [-0.25, -0.2) is 4.79 Å². The highest BCUT2D eigenvalue weighted by molar-refractivity contribution is 8.26. The molecule has 1 atom stereocenters. The SMILES string of the molecule is O=C(O)C(c1ccccc1)N1C(=O)C(=Cc2ccc[nH]2)SC1=S. The zero-order valence-electron chi connectivity index (χ0n) is 11.8. The molecular weight excluding hydrogens is 332 g/mol. The van der Waals surface area contributed by atoms with Crippen LogP contribution in [0.15, 0.2) is 53.6 Å². The van der Waals surface area contributed by atoms with Gasteiger partial charge in [-0.15, -0.1) is 0 Å². The van der Waals surface area contributed by atoms with Gasteiger partial charge in [0.15, 0.2) is 6.04 Å². The summed E-state index contributed by atoms with van der Waals surface area (Å²) in [6.07, 6.45) is 3.42. The minimum atomic E-state index is -1.13. The van der Waals surface area contributed by atoms with Gasteiger partial charge in [-0.3, -0.25) is 9.69 Å². The van der Waals surface area contributed by atoms with Crippen LogP contribution in [0.25, 0.3) is 6.08 Å². The number of aromatic nitrogens is 1. The van der Waals surface area contributed by atoms with Gasteiger partial charge in [0.05, 0.1) is 4.91 Å². The first kappa shape index (κ1) is 15.5. The molecule has 2 N–H and O–H groups in total. The summed E-state index contributed by atoms with van der Waals surface area (Å²) < 4.78 is 0.240. The van der Waals surface area contributed by atoms with E-state index in [2.05, 4.69) is 4.98 Å². The van der Waals surface area contributed by atoms with Crippen LogP contribution in [-0.2, 0) is 9.59 Å². The lowest BCUT2D eigenvalue weighted by atomic mass is 10.1. The Kier molecular flexibility index (Phi) is 4.31. The predicted octanol–water partition coefficient (Wildman–Crippen LogP) is 3.04. The van der Waals surface area contributed by atoms with E-state index >= 15 is 0 Å². The molecule has 1 amide bonds. The smallest absolute Gasteiger partial charge is 0.331 e. The maximum absolute atomic E-state index is 12.6. The van der Waals surface area contributed by atoms with Crippen LogP contribution in [0.2, 0.25) is 0 Å². The van der Waals surface area contributed by atoms with Gasteiger partial charge in [0.1, 0.15) is 4.32 Å². The number of aliphatic carboxylic acids is 1. The average Bonchev–Trinajstić information content (AvgIpc) is 3.12. The summed E-state index contributed by atoms with van der Waals surface area (Å²) in [6.45, 7) is 0. The second kappa shape index (κ2) is 6.39. The van der Waals surface area contributed by atoms with Crippen molar-refractivity contribution in [1.82, 2.24) is 9.88 Å². The van der Waals surface area contributed by atoms with Crippen molar-refractivity contribution in [3.05, 3.63) is 64.8 Å². The summed E-state index contributed by atoms with van der Waals surface area (Å²) in [7, 11) is 0. The number of hydrogen-bond donors (Lipinski definition) is 2. The van der Waals surface area contributed by atoms with Crippen molar-refractivity contribution in [2.24, 2.45) is 0 Å². The number of benzene rings is 1. The molecule has 1 aliphatic heterocycles. The van der Waals surface area contributed by atoms with E-state index in [0.29, 0.717) is 10.5 Å². The first-order chi connectivity index (χ1) is 11.1. The fourth-order valence-electron chi connectivity index (χ4n) is 2.32. The van der Waals surface area contributed by atoms with Crippen LogP contribution in [-0.4, -0.2) is 31.2 Å². The highest BCUT2D eigenvalue weighted by Gasteiger charge is 2.41. The summed E-state index contributed by atoms with van der Waals surface area (Å²) in [4.78, 5) is 28.9. The molecule has 0 bridgehead atoms. The van der Waals surface area contributed by atoms with Crippen LogP contribution in [0.1, 0.15) is 17.3 Å². The minimum Gasteiger partial charge on any atom is -0.479 e. The van der Waals surface area contributed by atoms with Crippen LogP contribution in [0.4, 0.5) is 0 Å². The van der Waals surface area contributed by atoms with Crippen molar-refractivity contribution in [3.8, 4) is 0 Å². The Hall–Kier alpha value is -2.38. The monoisotopic (exact) mass is 344 g/mol. The zero-order chi connectivity index (χ0) is 16.4. The molecule has 1 unspecified atom stereocenters. The number of aromatic amines is 1. The zero-order valence-corrected chi connectivity index (χ0v) is 13.4. The van der Waals surface area contributed by atoms with Crippen molar-refractivity contribution in [1.29, 1.82) is 0 Å². The molecular formula is C16H12N2O3S2. The van der Waals surface area contributed by atoms with Crippen LogP contribution in [0.5, 0.6) is 0 Å². The van der Waals surface area contributed by atoms with Crippen LogP contribution in [0.3, 0.4) is 0 Å². The Balaban J connectivity index is 1.97. The lowest BCUT2D eigenvalue weighted by Crippen LogP contribution is -2.37. The van der Waals surface area contributed by atoms with E-state index in [1.807, 2.05) is 12.1 Å². The van der Waals surface area contributed by atoms with Gasteiger partial charge in [-0.2, -0.15) is 0 Å². The fourth-order valence-corrected chi connectivity index (χ4v) is 3.62. The van der Waals surface area contributed by atoms with Gasteiger partial charge in [0.2, 0.25) is 0 Å². The molecule has 2 aromatic rings. The lowest BCUT2D eigenvalue weighted by Gasteiger charge is -2.23. The van der Waals surface area contributed by atoms with Gasteiger partial charge in [-0.05, 0) is 23.8 Å². The third kappa shape index (κ3) is 3.06. The second-order valence-electron chi connectivity index (χ2n) is 4.83. The van der Waals surface area contributed by atoms with E-state index in [0.717, 1.165) is 22.4 Å². The van der Waals surface area contributed by atoms with Crippen LogP contribution >= 0.6 is 24.0 Å². The molecule has 1 aromatic carbocycles. The lowest BCUT2D eigenvalue weighted by molar-refractivity contribution is -0.145. The second-order valence-corrected chi connectivity index (χ2v) is 6.50. The molecule has 1 fully saturated rings. The number of rotatable bonds is 4. The molecule has 1 aliphatic rings. The average molecular weight is 344 g/mol. The number of amides is 1. The highest BCUT2D eigenvalue weighted by atomic mass is 32.2. The molecule has 3 rings (SSSR count). The molecule has 23 heavy (non-hydrogen) atoms. The summed E-state index contributed by atoms with van der Waals surface area (Å²) in [5.74, 6) is -1.51. The van der Waals surface area contributed by atoms with Crippen LogP contribution in [0, 0.1) is 0 Å². The first-order valence-corrected chi connectivity index (χ1v) is 7.98. The van der Waals surface area contributed by atoms with E-state index in [9.17, 15) is 14.7 Å². The number of carboxylic acids is 1. The molecule has 0 aliphatic carbocycles. The number of thiocarbonyl (C=S) groups is 1. The van der Waals surface area contributed by atoms with E-state index in [1.54, 1.807) is 42.6 Å². The Morgan fingerprint density at radius 1 is 1.26 bits per heavy atom. The van der Waals surface area contributed by atoms with E-state index in [1.165, 1.54) is 0 Å². The summed E-state index contributed by atoms with van der Waals surface area (Å²) in [5.41, 5.74) is 1.27. The largest absolute Gasteiger partial charge is 0.479 e. The highest BCUT2D eigenvalue weighted by Crippen LogP contribution is 2.38. The summed E-state index contributed by atoms with van der Waals surface area (Å²) >= 11 is 6.35. The molecule has 2 heterocycles. The molecule has 116 valence electrons. The van der Waals surface area contributed by atoms with Crippen molar-refractivity contribution < 1.29 is 14.7 Å². The number of nitrogens with zero attached hydrogens (tertiary/aromatic N) is 1. The van der Waals surface area contributed by atoms with Gasteiger partial charge < -0.3 is 10.1 Å². The molecule has 0 radical (unpaired) electrons. The van der Waals surface area contributed by atoms with Crippen molar-refractivity contribution >= 4 is 46.3 Å². The number of carbonyl (C=O) groups is 2. The van der Waals surface area contributed by atoms with Gasteiger partial charge >= 0.3 is 5.97 Å². The number of thioether (sulfide) groups is 1. The topological polar surface area (TPSA) is 73.4 Å². The number of H-pyrrole nitrogens is 1. The van der Waals surface area contributed by atoms with Crippen molar-refractivity contribution in [2.45, 2.75) is 6.04 Å². The van der Waals surface area contributed by atoms with E-state index < -0.39 is 17.9 Å². The standard InChI is InChI=1S/C16H12N2O3S2/c19-14-12(9-11-7-4-8-17-11)23-16(22)18(14)13(15(20)21)10-5-2-1-3-6-10/h1-9,13,17H,(H,20,21). The van der Waals surface area contributed by atoms with E-state index in [-0.39, 0.29) is 4.32 Å². The molecule has 7 heteroatoms. The quantitative estimate of drug-likeness (QED) is 0.659. The normalized spacial score (nSPS) is 17.7. The summed E-state index contributed by atoms with van der Waals surface area (Å²) in [5, 5.41) is 9.58. The van der Waals surface area contributed by atoms with Crippen molar-refractivity contribution in [2.75, 3.05) is 0 Å². The third-order valence-electron chi connectivity index (χ3n) is 3.34. The number of carbonyl (C=O) groups excluding carboxylic acids is 1. The molecule has 1 aromatic heterocycles. The number of carboxylic acid groups (broad SMARTS) is 1. The molecule has 0 spiro atoms. The predicted molar refractivity (Wildman–Crippen MR) is 92.6 cm³/mol. The van der Waals surface area contributed by atoms with Gasteiger partial charge in [0, 0.05) is 11.9 Å². The first-order valence-electron chi connectivity index (χ1n) is 6.76. The Labute approximate surface area is 142 Å². The molecule has 5 nitrogen and oxygen atoms in total. The molecule has 0 saturated carbocycles. The summed E-state index contributed by atoms with van der Waals surface area (Å²) in [6, 6.07) is 11.1. The van der Waals surface area contributed by atoms with Gasteiger partial charge in [0.25, 0.3) is 5.91 Å².